The molecule has 34 heavy (non-hydrogen) atoms. The molecule has 0 aliphatic heterocycles. The number of carbonyl (C=O) groups excluding carboxylic acids is 1. The lowest BCUT2D eigenvalue weighted by atomic mass is 10.0. The molecular weight excluding hydrogens is 467 g/mol. The number of halogens is 4. The van der Waals surface area contributed by atoms with E-state index in [1.807, 2.05) is 0 Å². The molecule has 0 radical (unpaired) electrons. The summed E-state index contributed by atoms with van der Waals surface area (Å²) in [5.41, 5.74) is 5.21. The van der Waals surface area contributed by atoms with E-state index in [2.05, 4.69) is 10.3 Å². The lowest BCUT2D eigenvalue weighted by molar-refractivity contribution is -0.140. The van der Waals surface area contributed by atoms with Gasteiger partial charge in [-0.3, -0.25) is 4.79 Å². The Bertz CT molecular complexity index is 1060. The Balaban J connectivity index is 0.000000204. The fourth-order valence-electron chi connectivity index (χ4n) is 3.37. The van der Waals surface area contributed by atoms with Crippen LogP contribution in [0.25, 0.3) is 10.9 Å². The molecule has 1 heterocycles. The molecule has 2 aromatic carbocycles. The minimum absolute atomic E-state index is 0.258. The summed E-state index contributed by atoms with van der Waals surface area (Å²) in [4.78, 5) is 14.2. The molecule has 1 fully saturated rings. The summed E-state index contributed by atoms with van der Waals surface area (Å²) in [7, 11) is 3.12. The molecule has 5 nitrogen and oxygen atoms in total. The molecule has 1 aliphatic rings. The van der Waals surface area contributed by atoms with Gasteiger partial charge in [0.15, 0.2) is 0 Å². The van der Waals surface area contributed by atoms with Crippen LogP contribution in [0.1, 0.15) is 54.6 Å². The molecule has 184 valence electrons. The number of pyridine rings is 1. The number of ether oxygens (including phenoxy) is 1. The standard InChI is InChI=1S/C11H8ClF3N2.C8H9NO2.C6H12/c1-16-9-5-10(11(13,14)15)17-8-3-2-6(12)4-7(8)9;1-11-7-4-2-6(3-5-7)8(9)10;1-2-4-6-5-3-1/h2-5H,1H3,(H,16,17);2-5H,1H3,(H2,9,10);1-6H2. The van der Waals surface area contributed by atoms with E-state index < -0.39 is 17.8 Å². The Kier molecular flexibility index (Phi) is 10.4. The van der Waals surface area contributed by atoms with Gasteiger partial charge in [0, 0.05) is 28.7 Å². The Morgan fingerprint density at radius 3 is 2.00 bits per heavy atom. The van der Waals surface area contributed by atoms with Crippen LogP contribution in [0.2, 0.25) is 5.02 Å². The van der Waals surface area contributed by atoms with Crippen molar-refractivity contribution >= 4 is 34.1 Å². The molecule has 1 saturated carbocycles. The van der Waals surface area contributed by atoms with E-state index in [0.29, 0.717) is 21.7 Å². The summed E-state index contributed by atoms with van der Waals surface area (Å²) in [5, 5.41) is 3.73. The molecule has 0 bridgehead atoms. The minimum atomic E-state index is -4.46. The first-order valence-corrected chi connectivity index (χ1v) is 11.3. The monoisotopic (exact) mass is 495 g/mol. The number of benzene rings is 2. The number of nitrogens with one attached hydrogen (secondary N) is 1. The average molecular weight is 496 g/mol. The smallest absolute Gasteiger partial charge is 0.433 e. The molecule has 3 N–H and O–H groups in total. The van der Waals surface area contributed by atoms with E-state index in [4.69, 9.17) is 22.1 Å². The van der Waals surface area contributed by atoms with Gasteiger partial charge in [0.25, 0.3) is 0 Å². The number of hydrogen-bond acceptors (Lipinski definition) is 4. The third-order valence-electron chi connectivity index (χ3n) is 5.21. The molecule has 4 rings (SSSR count). The third kappa shape index (κ3) is 8.41. The van der Waals surface area contributed by atoms with E-state index in [0.717, 1.165) is 11.8 Å². The highest BCUT2D eigenvalue weighted by molar-refractivity contribution is 6.31. The average Bonchev–Trinajstić information content (AvgIpc) is 2.84. The van der Waals surface area contributed by atoms with Crippen molar-refractivity contribution < 1.29 is 22.7 Å². The first kappa shape index (κ1) is 27.2. The van der Waals surface area contributed by atoms with E-state index in [9.17, 15) is 18.0 Å². The SMILES string of the molecule is C1CCCCC1.CNc1cc(C(F)(F)F)nc2ccc(Cl)cc12.COc1ccc(C(N)=O)cc1. The number of rotatable bonds is 3. The highest BCUT2D eigenvalue weighted by Gasteiger charge is 2.33. The zero-order valence-corrected chi connectivity index (χ0v) is 20.0. The van der Waals surface area contributed by atoms with E-state index in [1.165, 1.54) is 50.7 Å². The lowest BCUT2D eigenvalue weighted by Gasteiger charge is -2.11. The van der Waals surface area contributed by atoms with Crippen LogP contribution in [0, 0.1) is 0 Å². The second-order valence-corrected chi connectivity index (χ2v) is 8.11. The Hall–Kier alpha value is -3.00. The van der Waals surface area contributed by atoms with Gasteiger partial charge in [-0.05, 0) is 48.5 Å². The van der Waals surface area contributed by atoms with Gasteiger partial charge >= 0.3 is 6.18 Å². The number of fused-ring (bicyclic) bond motifs is 1. The molecule has 9 heteroatoms. The number of alkyl halides is 3. The Morgan fingerprint density at radius 1 is 1.00 bits per heavy atom. The van der Waals surface area contributed by atoms with Gasteiger partial charge in [-0.1, -0.05) is 50.1 Å². The van der Waals surface area contributed by atoms with E-state index in [-0.39, 0.29) is 5.52 Å². The van der Waals surface area contributed by atoms with Gasteiger partial charge in [0.05, 0.1) is 12.6 Å². The predicted octanol–water partition coefficient (Wildman–Crippen LogP) is 7.08. The number of methoxy groups -OCH3 is 1. The molecule has 1 aromatic heterocycles. The van der Waals surface area contributed by atoms with Crippen LogP contribution in [-0.2, 0) is 6.18 Å². The van der Waals surface area contributed by atoms with Gasteiger partial charge in [0.1, 0.15) is 11.4 Å². The fraction of sp³-hybridized carbons (Fsp3) is 0.360. The molecule has 0 spiro atoms. The fourth-order valence-corrected chi connectivity index (χ4v) is 3.54. The van der Waals surface area contributed by atoms with Crippen molar-refractivity contribution in [2.75, 3.05) is 19.5 Å². The highest BCUT2D eigenvalue weighted by atomic mass is 35.5. The topological polar surface area (TPSA) is 77.2 Å². The Labute approximate surface area is 202 Å². The quantitative estimate of drug-likeness (QED) is 0.407. The highest BCUT2D eigenvalue weighted by Crippen LogP contribution is 2.33. The predicted molar refractivity (Wildman–Crippen MR) is 131 cm³/mol. The number of carbonyl (C=O) groups is 1. The second-order valence-electron chi connectivity index (χ2n) is 7.68. The second kappa shape index (κ2) is 13.0. The van der Waals surface area contributed by atoms with Crippen LogP contribution in [0.5, 0.6) is 5.75 Å². The van der Waals surface area contributed by atoms with Gasteiger partial charge in [0.2, 0.25) is 5.91 Å². The van der Waals surface area contributed by atoms with Crippen LogP contribution in [0.15, 0.2) is 48.5 Å². The maximum atomic E-state index is 12.6. The molecule has 0 atom stereocenters. The number of amides is 1. The number of hydrogen-bond donors (Lipinski definition) is 2. The van der Waals surface area contributed by atoms with Crippen molar-refractivity contribution in [1.82, 2.24) is 4.98 Å². The molecule has 0 saturated heterocycles. The maximum Gasteiger partial charge on any atom is 0.433 e. The first-order chi connectivity index (χ1) is 16.2. The molecule has 0 unspecified atom stereocenters. The van der Waals surface area contributed by atoms with E-state index >= 15 is 0 Å². The summed E-state index contributed by atoms with van der Waals surface area (Å²) >= 11 is 5.80. The molecule has 3 aromatic rings. The van der Waals surface area contributed by atoms with Crippen LogP contribution in [0.4, 0.5) is 18.9 Å². The van der Waals surface area contributed by atoms with Crippen LogP contribution in [-0.4, -0.2) is 25.0 Å². The van der Waals surface area contributed by atoms with Crippen molar-refractivity contribution in [3.63, 3.8) is 0 Å². The minimum Gasteiger partial charge on any atom is -0.497 e. The summed E-state index contributed by atoms with van der Waals surface area (Å²) in [6.07, 6.45) is 4.54. The summed E-state index contributed by atoms with van der Waals surface area (Å²) in [5.74, 6) is 0.294. The maximum absolute atomic E-state index is 12.6. The number of primary amides is 1. The largest absolute Gasteiger partial charge is 0.497 e. The number of anilines is 1. The van der Waals surface area contributed by atoms with Crippen LogP contribution >= 0.6 is 11.6 Å². The number of nitrogens with zero attached hydrogens (tertiary/aromatic N) is 1. The normalized spacial score (nSPS) is 13.1. The van der Waals surface area contributed by atoms with Gasteiger partial charge in [-0.2, -0.15) is 13.2 Å². The third-order valence-corrected chi connectivity index (χ3v) is 5.44. The summed E-state index contributed by atoms with van der Waals surface area (Å²) in [6, 6.07) is 12.2. The van der Waals surface area contributed by atoms with Crippen molar-refractivity contribution in [2.24, 2.45) is 5.73 Å². The van der Waals surface area contributed by atoms with Gasteiger partial charge in [-0.25, -0.2) is 4.98 Å². The molecular formula is C25H29ClF3N3O2. The van der Waals surface area contributed by atoms with Crippen molar-refractivity contribution in [3.05, 3.63) is 64.8 Å². The first-order valence-electron chi connectivity index (χ1n) is 10.9. The molecule has 1 amide bonds. The summed E-state index contributed by atoms with van der Waals surface area (Å²) in [6.45, 7) is 0. The van der Waals surface area contributed by atoms with Crippen molar-refractivity contribution in [1.29, 1.82) is 0 Å². The van der Waals surface area contributed by atoms with Crippen LogP contribution < -0.4 is 15.8 Å². The van der Waals surface area contributed by atoms with E-state index in [1.54, 1.807) is 44.5 Å². The van der Waals surface area contributed by atoms with Gasteiger partial charge < -0.3 is 15.8 Å². The van der Waals surface area contributed by atoms with Gasteiger partial charge in [-0.15, -0.1) is 0 Å². The lowest BCUT2D eigenvalue weighted by Crippen LogP contribution is -2.10. The van der Waals surface area contributed by atoms with Crippen molar-refractivity contribution in [2.45, 2.75) is 44.7 Å². The number of nitrogens with two attached hydrogens (primary N) is 1. The van der Waals surface area contributed by atoms with Crippen molar-refractivity contribution in [3.8, 4) is 5.75 Å². The van der Waals surface area contributed by atoms with Crippen LogP contribution in [0.3, 0.4) is 0 Å². The molecule has 1 aliphatic carbocycles. The zero-order valence-electron chi connectivity index (χ0n) is 19.2. The number of aromatic nitrogens is 1. The summed E-state index contributed by atoms with van der Waals surface area (Å²) < 4.78 is 42.7. The zero-order chi connectivity index (χ0) is 25.1. The Morgan fingerprint density at radius 2 is 1.56 bits per heavy atom.